The molecule has 0 bridgehead atoms. The van der Waals surface area contributed by atoms with Gasteiger partial charge in [-0.05, 0) is 18.2 Å². The molecule has 0 unspecified atom stereocenters. The highest BCUT2D eigenvalue weighted by atomic mass is 35.5. The van der Waals surface area contributed by atoms with Crippen LogP contribution in [0.15, 0.2) is 66.1 Å². The van der Waals surface area contributed by atoms with E-state index in [1.54, 1.807) is 36.4 Å². The van der Waals surface area contributed by atoms with Gasteiger partial charge in [0.15, 0.2) is 12.2 Å². The van der Waals surface area contributed by atoms with Crippen LogP contribution in [0.5, 0.6) is 0 Å². The van der Waals surface area contributed by atoms with Gasteiger partial charge < -0.3 is 14.8 Å². The Morgan fingerprint density at radius 2 is 1.83 bits per heavy atom. The van der Waals surface area contributed by atoms with Gasteiger partial charge in [0.1, 0.15) is 6.61 Å². The third-order valence-electron chi connectivity index (χ3n) is 3.41. The smallest absolute Gasteiger partial charge is 0.347 e. The Morgan fingerprint density at radius 3 is 2.58 bits per heavy atom. The summed E-state index contributed by atoms with van der Waals surface area (Å²) in [5, 5.41) is 3.42. The van der Waals surface area contributed by atoms with Crippen LogP contribution in [0.1, 0.15) is 5.56 Å². The van der Waals surface area contributed by atoms with Gasteiger partial charge in [0.25, 0.3) is 0 Å². The number of anilines is 1. The minimum atomic E-state index is -0.740. The Kier molecular flexibility index (Phi) is 4.82. The molecule has 5 nitrogen and oxygen atoms in total. The number of para-hydroxylation sites is 1. The lowest BCUT2D eigenvalue weighted by atomic mass is 10.2. The summed E-state index contributed by atoms with van der Waals surface area (Å²) in [6.07, 6.45) is 0. The molecule has 1 aliphatic rings. The predicted molar refractivity (Wildman–Crippen MR) is 89.3 cm³/mol. The van der Waals surface area contributed by atoms with Crippen molar-refractivity contribution in [3.8, 4) is 0 Å². The largest absolute Gasteiger partial charge is 0.470 e. The van der Waals surface area contributed by atoms with Gasteiger partial charge in [-0.2, -0.15) is 0 Å². The Balaban J connectivity index is 1.74. The second kappa shape index (κ2) is 7.19. The quantitative estimate of drug-likeness (QED) is 0.666. The average Bonchev–Trinajstić information content (AvgIpc) is 2.95. The van der Waals surface area contributed by atoms with Crippen LogP contribution in [-0.2, 0) is 25.7 Å². The van der Waals surface area contributed by atoms with Crippen molar-refractivity contribution in [1.29, 1.82) is 0 Å². The summed E-state index contributed by atoms with van der Waals surface area (Å²) in [5.74, 6) is -1.05. The highest BCUT2D eigenvalue weighted by Gasteiger charge is 2.32. The van der Waals surface area contributed by atoms with Gasteiger partial charge in [-0.3, -0.25) is 4.79 Å². The van der Waals surface area contributed by atoms with E-state index in [0.29, 0.717) is 16.3 Å². The number of carbonyl (C=O) groups excluding carboxylic acids is 2. The molecule has 0 fully saturated rings. The first-order chi connectivity index (χ1) is 11.6. The molecule has 0 spiro atoms. The molecule has 0 aromatic heterocycles. The van der Waals surface area contributed by atoms with Crippen molar-refractivity contribution in [1.82, 2.24) is 0 Å². The lowest BCUT2D eigenvalue weighted by Crippen LogP contribution is -2.16. The molecular weight excluding hydrogens is 330 g/mol. The number of carbonyl (C=O) groups is 2. The predicted octanol–water partition coefficient (Wildman–Crippen LogP) is 3.31. The van der Waals surface area contributed by atoms with E-state index < -0.39 is 11.8 Å². The zero-order valence-electron chi connectivity index (χ0n) is 12.6. The number of esters is 1. The van der Waals surface area contributed by atoms with E-state index in [4.69, 9.17) is 21.1 Å². The summed E-state index contributed by atoms with van der Waals surface area (Å²) in [6.45, 7) is -0.209. The molecule has 6 heteroatoms. The van der Waals surface area contributed by atoms with Gasteiger partial charge >= 0.3 is 5.97 Å². The topological polar surface area (TPSA) is 64.6 Å². The van der Waals surface area contributed by atoms with Crippen LogP contribution in [0.2, 0.25) is 5.02 Å². The molecule has 0 saturated heterocycles. The number of Topliss-reactive ketones (excluding diaryl/α,β-unsaturated/α-hetero) is 1. The second-order valence-corrected chi connectivity index (χ2v) is 5.48. The normalized spacial score (nSPS) is 13.6. The third kappa shape index (κ3) is 3.58. The molecule has 0 radical (unpaired) electrons. The van der Waals surface area contributed by atoms with Gasteiger partial charge in [0.05, 0.1) is 0 Å². The molecule has 0 aliphatic carbocycles. The van der Waals surface area contributed by atoms with Crippen molar-refractivity contribution in [2.75, 3.05) is 11.9 Å². The fourth-order valence-electron chi connectivity index (χ4n) is 2.20. The summed E-state index contributed by atoms with van der Waals surface area (Å²) in [4.78, 5) is 24.2. The van der Waals surface area contributed by atoms with E-state index in [0.717, 1.165) is 0 Å². The molecule has 1 heterocycles. The SMILES string of the molecule is O=C1COC(Nc2ccccc2)=C1C(=O)OCc1ccccc1Cl. The van der Waals surface area contributed by atoms with Crippen molar-refractivity contribution in [2.24, 2.45) is 0 Å². The van der Waals surface area contributed by atoms with Gasteiger partial charge in [-0.15, -0.1) is 0 Å². The molecule has 0 amide bonds. The van der Waals surface area contributed by atoms with Gasteiger partial charge in [0, 0.05) is 16.3 Å². The number of ether oxygens (including phenoxy) is 2. The van der Waals surface area contributed by atoms with Crippen LogP contribution in [0.25, 0.3) is 0 Å². The van der Waals surface area contributed by atoms with Gasteiger partial charge in [-0.25, -0.2) is 4.79 Å². The van der Waals surface area contributed by atoms with Crippen molar-refractivity contribution < 1.29 is 19.1 Å². The van der Waals surface area contributed by atoms with Crippen LogP contribution in [-0.4, -0.2) is 18.4 Å². The van der Waals surface area contributed by atoms with Crippen molar-refractivity contribution >= 4 is 29.0 Å². The molecule has 1 N–H and O–H groups in total. The van der Waals surface area contributed by atoms with E-state index in [1.165, 1.54) is 0 Å². The van der Waals surface area contributed by atoms with E-state index in [1.807, 2.05) is 18.2 Å². The molecule has 122 valence electrons. The number of benzene rings is 2. The number of halogens is 1. The van der Waals surface area contributed by atoms with Crippen molar-refractivity contribution in [3.63, 3.8) is 0 Å². The molecule has 1 aliphatic heterocycles. The lowest BCUT2D eigenvalue weighted by molar-refractivity contribution is -0.141. The van der Waals surface area contributed by atoms with E-state index in [-0.39, 0.29) is 24.7 Å². The molecule has 2 aromatic carbocycles. The van der Waals surface area contributed by atoms with Crippen LogP contribution >= 0.6 is 11.6 Å². The zero-order valence-corrected chi connectivity index (χ0v) is 13.4. The summed E-state index contributed by atoms with van der Waals surface area (Å²) in [6, 6.07) is 16.1. The van der Waals surface area contributed by atoms with Crippen LogP contribution in [0.4, 0.5) is 5.69 Å². The minimum Gasteiger partial charge on any atom is -0.470 e. The van der Waals surface area contributed by atoms with Crippen LogP contribution in [0, 0.1) is 0 Å². The van der Waals surface area contributed by atoms with Crippen molar-refractivity contribution in [2.45, 2.75) is 6.61 Å². The first kappa shape index (κ1) is 16.1. The Labute approximate surface area is 143 Å². The standard InChI is InChI=1S/C18H14ClNO4/c19-14-9-5-4-6-12(14)10-24-18(22)16-15(21)11-23-17(16)20-13-7-2-1-3-8-13/h1-9,20H,10-11H2. The number of hydrogen-bond acceptors (Lipinski definition) is 5. The Hall–Kier alpha value is -2.79. The van der Waals surface area contributed by atoms with E-state index >= 15 is 0 Å². The fraction of sp³-hybridized carbons (Fsp3) is 0.111. The molecular formula is C18H14ClNO4. The molecule has 0 atom stereocenters. The Morgan fingerprint density at radius 1 is 1.12 bits per heavy atom. The van der Waals surface area contributed by atoms with Crippen LogP contribution in [0.3, 0.4) is 0 Å². The molecule has 24 heavy (non-hydrogen) atoms. The summed E-state index contributed by atoms with van der Waals surface area (Å²) in [7, 11) is 0. The minimum absolute atomic E-state index is 0.0199. The number of nitrogens with one attached hydrogen (secondary N) is 1. The highest BCUT2D eigenvalue weighted by Crippen LogP contribution is 2.22. The maximum absolute atomic E-state index is 12.3. The highest BCUT2D eigenvalue weighted by molar-refractivity contribution is 6.31. The second-order valence-electron chi connectivity index (χ2n) is 5.07. The summed E-state index contributed by atoms with van der Waals surface area (Å²) >= 11 is 6.02. The van der Waals surface area contributed by atoms with Gasteiger partial charge in [0.2, 0.25) is 11.7 Å². The zero-order chi connectivity index (χ0) is 16.9. The fourth-order valence-corrected chi connectivity index (χ4v) is 2.39. The maximum Gasteiger partial charge on any atom is 0.347 e. The maximum atomic E-state index is 12.3. The lowest BCUT2D eigenvalue weighted by Gasteiger charge is -2.09. The average molecular weight is 344 g/mol. The number of ketones is 1. The number of rotatable bonds is 5. The third-order valence-corrected chi connectivity index (χ3v) is 3.77. The van der Waals surface area contributed by atoms with Crippen molar-refractivity contribution in [3.05, 3.63) is 76.6 Å². The van der Waals surface area contributed by atoms with Gasteiger partial charge in [-0.1, -0.05) is 48.0 Å². The molecule has 2 aromatic rings. The van der Waals surface area contributed by atoms with E-state index in [2.05, 4.69) is 5.32 Å². The van der Waals surface area contributed by atoms with E-state index in [9.17, 15) is 9.59 Å². The summed E-state index contributed by atoms with van der Waals surface area (Å²) < 4.78 is 10.5. The Bertz CT molecular complexity index is 802. The first-order valence-electron chi connectivity index (χ1n) is 7.28. The van der Waals surface area contributed by atoms with Crippen LogP contribution < -0.4 is 5.32 Å². The summed E-state index contributed by atoms with van der Waals surface area (Å²) in [5.41, 5.74) is 1.25. The molecule has 3 rings (SSSR count). The number of hydrogen-bond donors (Lipinski definition) is 1. The molecule has 0 saturated carbocycles. The first-order valence-corrected chi connectivity index (χ1v) is 7.66. The monoisotopic (exact) mass is 343 g/mol.